The van der Waals surface area contributed by atoms with Gasteiger partial charge < -0.3 is 4.74 Å². The van der Waals surface area contributed by atoms with Crippen LogP contribution in [-0.2, 0) is 14.5 Å². The fourth-order valence-corrected chi connectivity index (χ4v) is 4.79. The van der Waals surface area contributed by atoms with E-state index in [-0.39, 0.29) is 10.5 Å². The lowest BCUT2D eigenvalue weighted by atomic mass is 9.90. The summed E-state index contributed by atoms with van der Waals surface area (Å²) in [6.07, 6.45) is 1.61. The van der Waals surface area contributed by atoms with Crippen molar-refractivity contribution >= 4 is 16.9 Å². The highest BCUT2D eigenvalue weighted by Gasteiger charge is 2.49. The molecule has 0 radical (unpaired) electrons. The summed E-state index contributed by atoms with van der Waals surface area (Å²) in [5.74, 6) is 0.872. The molecule has 2 nitrogen and oxygen atoms in total. The van der Waals surface area contributed by atoms with Crippen LogP contribution < -0.4 is 0 Å². The predicted molar refractivity (Wildman–Crippen MR) is 97.4 cm³/mol. The van der Waals surface area contributed by atoms with E-state index in [4.69, 9.17) is 4.74 Å². The van der Waals surface area contributed by atoms with Gasteiger partial charge in [0.05, 0.1) is 0 Å². The van der Waals surface area contributed by atoms with Gasteiger partial charge in [0.25, 0.3) is 0 Å². The molecule has 0 spiro atoms. The molecule has 0 atom stereocenters. The summed E-state index contributed by atoms with van der Waals surface area (Å²) in [6, 6.07) is 20.1. The van der Waals surface area contributed by atoms with Gasteiger partial charge in [0, 0.05) is 23.1 Å². The SMILES string of the molecule is CC1(C)CC2=C(C1)C(=O)SC(c1ccccc1)(c1ccccc1)O2. The van der Waals surface area contributed by atoms with E-state index in [9.17, 15) is 4.79 Å². The molecular weight excluding hydrogens is 316 g/mol. The van der Waals surface area contributed by atoms with Crippen molar-refractivity contribution in [2.75, 3.05) is 0 Å². The Morgan fingerprint density at radius 1 is 0.875 bits per heavy atom. The molecule has 24 heavy (non-hydrogen) atoms. The van der Waals surface area contributed by atoms with Gasteiger partial charge in [0.2, 0.25) is 10.0 Å². The van der Waals surface area contributed by atoms with Crippen LogP contribution in [-0.4, -0.2) is 5.12 Å². The van der Waals surface area contributed by atoms with Crippen molar-refractivity contribution in [2.45, 2.75) is 31.6 Å². The first-order chi connectivity index (χ1) is 11.5. The molecule has 0 bridgehead atoms. The Balaban J connectivity index is 1.86. The first kappa shape index (κ1) is 15.5. The molecule has 3 heteroatoms. The summed E-state index contributed by atoms with van der Waals surface area (Å²) in [6.45, 7) is 4.39. The average molecular weight is 336 g/mol. The third-order valence-electron chi connectivity index (χ3n) is 4.69. The van der Waals surface area contributed by atoms with Crippen LogP contribution in [0.3, 0.4) is 0 Å². The molecule has 0 N–H and O–H groups in total. The second-order valence-electron chi connectivity index (χ2n) is 7.26. The maximum Gasteiger partial charge on any atom is 0.223 e. The highest BCUT2D eigenvalue weighted by atomic mass is 32.2. The van der Waals surface area contributed by atoms with Crippen molar-refractivity contribution in [1.29, 1.82) is 0 Å². The lowest BCUT2D eigenvalue weighted by molar-refractivity contribution is -0.109. The van der Waals surface area contributed by atoms with Gasteiger partial charge in [0.15, 0.2) is 0 Å². The van der Waals surface area contributed by atoms with Gasteiger partial charge in [-0.3, -0.25) is 4.79 Å². The van der Waals surface area contributed by atoms with E-state index in [0.29, 0.717) is 0 Å². The van der Waals surface area contributed by atoms with E-state index < -0.39 is 4.93 Å². The number of hydrogen-bond donors (Lipinski definition) is 0. The molecule has 0 saturated carbocycles. The number of thioether (sulfide) groups is 1. The lowest BCUT2D eigenvalue weighted by Gasteiger charge is -2.37. The molecule has 0 saturated heterocycles. The van der Waals surface area contributed by atoms with Gasteiger partial charge in [0.1, 0.15) is 5.76 Å². The van der Waals surface area contributed by atoms with Crippen LogP contribution in [0.4, 0.5) is 0 Å². The molecular formula is C21H20O2S. The summed E-state index contributed by atoms with van der Waals surface area (Å²) < 4.78 is 6.60. The highest BCUT2D eigenvalue weighted by Crippen LogP contribution is 2.56. The smallest absolute Gasteiger partial charge is 0.223 e. The van der Waals surface area contributed by atoms with Crippen LogP contribution in [0.25, 0.3) is 0 Å². The predicted octanol–water partition coefficient (Wildman–Crippen LogP) is 5.25. The van der Waals surface area contributed by atoms with Gasteiger partial charge in [-0.25, -0.2) is 0 Å². The first-order valence-electron chi connectivity index (χ1n) is 8.26. The number of benzene rings is 2. The number of rotatable bonds is 2. The molecule has 2 aromatic rings. The molecule has 4 rings (SSSR count). The fraction of sp³-hybridized carbons (Fsp3) is 0.286. The molecule has 2 aliphatic rings. The maximum absolute atomic E-state index is 13.0. The number of ether oxygens (including phenoxy) is 1. The first-order valence-corrected chi connectivity index (χ1v) is 9.07. The lowest BCUT2D eigenvalue weighted by Crippen LogP contribution is -2.32. The summed E-state index contributed by atoms with van der Waals surface area (Å²) in [7, 11) is 0. The Labute approximate surface area is 146 Å². The largest absolute Gasteiger partial charge is 0.471 e. The molecule has 0 amide bonds. The van der Waals surface area contributed by atoms with Gasteiger partial charge in [-0.15, -0.1) is 0 Å². The number of carbonyl (C=O) groups is 1. The van der Waals surface area contributed by atoms with E-state index in [1.54, 1.807) is 0 Å². The molecule has 0 unspecified atom stereocenters. The Hall–Kier alpha value is -2.00. The molecule has 1 aliphatic heterocycles. The van der Waals surface area contributed by atoms with Gasteiger partial charge >= 0.3 is 0 Å². The second-order valence-corrected chi connectivity index (χ2v) is 8.41. The Kier molecular flexibility index (Phi) is 3.57. The Bertz CT molecular complexity index is 767. The van der Waals surface area contributed by atoms with Crippen molar-refractivity contribution in [3.8, 4) is 0 Å². The van der Waals surface area contributed by atoms with Crippen LogP contribution in [0, 0.1) is 5.41 Å². The molecule has 0 fully saturated rings. The Morgan fingerprint density at radius 2 is 1.42 bits per heavy atom. The molecule has 0 aromatic heterocycles. The molecule has 2 aromatic carbocycles. The summed E-state index contributed by atoms with van der Waals surface area (Å²) >= 11 is 1.30. The number of hydrogen-bond acceptors (Lipinski definition) is 3. The van der Waals surface area contributed by atoms with Crippen molar-refractivity contribution in [2.24, 2.45) is 5.41 Å². The van der Waals surface area contributed by atoms with E-state index in [1.807, 2.05) is 60.7 Å². The number of allylic oxidation sites excluding steroid dienone is 1. The van der Waals surface area contributed by atoms with Crippen molar-refractivity contribution in [3.05, 3.63) is 83.1 Å². The third-order valence-corrected chi connectivity index (χ3v) is 5.96. The topological polar surface area (TPSA) is 26.3 Å². The van der Waals surface area contributed by atoms with Crippen LogP contribution in [0.15, 0.2) is 72.0 Å². The van der Waals surface area contributed by atoms with Crippen molar-refractivity contribution in [3.63, 3.8) is 0 Å². The summed E-state index contributed by atoms with van der Waals surface area (Å²) in [5.41, 5.74) is 2.97. The minimum atomic E-state index is -0.793. The van der Waals surface area contributed by atoms with E-state index in [1.165, 1.54) is 11.8 Å². The van der Waals surface area contributed by atoms with Crippen molar-refractivity contribution < 1.29 is 9.53 Å². The average Bonchev–Trinajstić information content (AvgIpc) is 2.91. The third kappa shape index (κ3) is 2.48. The molecule has 122 valence electrons. The normalized spacial score (nSPS) is 21.3. The second kappa shape index (κ2) is 5.52. The number of carbonyl (C=O) groups excluding carboxylic acids is 1. The van der Waals surface area contributed by atoms with E-state index >= 15 is 0 Å². The zero-order chi connectivity index (χ0) is 16.8. The summed E-state index contributed by atoms with van der Waals surface area (Å²) in [4.78, 5) is 12.2. The van der Waals surface area contributed by atoms with Gasteiger partial charge in [-0.1, -0.05) is 74.5 Å². The molecule has 1 aliphatic carbocycles. The highest BCUT2D eigenvalue weighted by molar-refractivity contribution is 8.15. The van der Waals surface area contributed by atoms with Gasteiger partial charge in [-0.05, 0) is 23.6 Å². The standard InChI is InChI=1S/C21H20O2S/c1-20(2)13-17-18(14-20)23-21(24-19(17)22,15-9-5-3-6-10-15)16-11-7-4-8-12-16/h3-12H,13-14H2,1-2H3. The zero-order valence-corrected chi connectivity index (χ0v) is 14.7. The minimum Gasteiger partial charge on any atom is -0.471 e. The maximum atomic E-state index is 13.0. The van der Waals surface area contributed by atoms with Gasteiger partial charge in [-0.2, -0.15) is 0 Å². The van der Waals surface area contributed by atoms with E-state index in [0.717, 1.165) is 35.3 Å². The van der Waals surface area contributed by atoms with Crippen LogP contribution in [0.5, 0.6) is 0 Å². The van der Waals surface area contributed by atoms with Crippen molar-refractivity contribution in [1.82, 2.24) is 0 Å². The quantitative estimate of drug-likeness (QED) is 0.749. The van der Waals surface area contributed by atoms with E-state index in [2.05, 4.69) is 13.8 Å². The fourth-order valence-electron chi connectivity index (χ4n) is 3.57. The Morgan fingerprint density at radius 3 is 1.96 bits per heavy atom. The summed E-state index contributed by atoms with van der Waals surface area (Å²) in [5, 5.41) is 0.148. The van der Waals surface area contributed by atoms with Crippen LogP contribution in [0.1, 0.15) is 37.8 Å². The van der Waals surface area contributed by atoms with Crippen LogP contribution in [0.2, 0.25) is 0 Å². The molecule has 1 heterocycles. The monoisotopic (exact) mass is 336 g/mol. The minimum absolute atomic E-state index is 0.0876. The van der Waals surface area contributed by atoms with Crippen LogP contribution >= 0.6 is 11.8 Å². The zero-order valence-electron chi connectivity index (χ0n) is 13.9.